The van der Waals surface area contributed by atoms with Crippen LogP contribution in [0.3, 0.4) is 0 Å². The summed E-state index contributed by atoms with van der Waals surface area (Å²) in [5, 5.41) is 0. The van der Waals surface area contributed by atoms with Crippen molar-refractivity contribution in [3.05, 3.63) is 0 Å². The first-order valence-corrected chi connectivity index (χ1v) is 8.05. The zero-order chi connectivity index (χ0) is 15.4. The molecule has 0 spiro atoms. The van der Waals surface area contributed by atoms with Gasteiger partial charge in [0.1, 0.15) is 21.7 Å². The van der Waals surface area contributed by atoms with Crippen LogP contribution >= 0.6 is 0 Å². The Hall–Kier alpha value is -1.72. The van der Waals surface area contributed by atoms with Gasteiger partial charge in [-0.3, -0.25) is 19.2 Å². The summed E-state index contributed by atoms with van der Waals surface area (Å²) in [7, 11) is 0. The van der Waals surface area contributed by atoms with Crippen LogP contribution in [0.4, 0.5) is 0 Å². The van der Waals surface area contributed by atoms with Gasteiger partial charge in [-0.2, -0.15) is 0 Å². The van der Waals surface area contributed by atoms with Crippen molar-refractivity contribution in [1.29, 1.82) is 0 Å². The summed E-state index contributed by atoms with van der Waals surface area (Å²) in [5.41, 5.74) is -4.62. The molecule has 5 rings (SSSR count). The minimum absolute atomic E-state index is 0.446. The number of hydrogen-bond donors (Lipinski definition) is 0. The number of rotatable bonds is 0. The summed E-state index contributed by atoms with van der Waals surface area (Å²) in [4.78, 5) is 50.7. The van der Waals surface area contributed by atoms with Crippen LogP contribution in [-0.2, 0) is 28.7 Å². The van der Waals surface area contributed by atoms with Crippen LogP contribution in [0.15, 0.2) is 0 Å². The van der Waals surface area contributed by atoms with E-state index >= 15 is 0 Å². The van der Waals surface area contributed by atoms with Crippen molar-refractivity contribution in [2.24, 2.45) is 21.7 Å². The van der Waals surface area contributed by atoms with Crippen molar-refractivity contribution in [2.75, 3.05) is 0 Å². The quantitative estimate of drug-likeness (QED) is 0.494. The Morgan fingerprint density at radius 2 is 0.727 bits per heavy atom. The molecule has 0 unspecified atom stereocenters. The van der Waals surface area contributed by atoms with E-state index in [0.29, 0.717) is 25.7 Å². The predicted octanol–water partition coefficient (Wildman–Crippen LogP) is 1.26. The first kappa shape index (κ1) is 12.8. The van der Waals surface area contributed by atoms with Crippen LogP contribution in [0.5, 0.6) is 0 Å². The van der Waals surface area contributed by atoms with Gasteiger partial charge in [-0.15, -0.1) is 0 Å². The van der Waals surface area contributed by atoms with Crippen LogP contribution in [0.2, 0.25) is 0 Å². The van der Waals surface area contributed by atoms with Gasteiger partial charge in [0, 0.05) is 0 Å². The zero-order valence-electron chi connectivity index (χ0n) is 12.1. The second-order valence-electron chi connectivity index (χ2n) is 7.39. The highest BCUT2D eigenvalue weighted by Crippen LogP contribution is 2.90. The van der Waals surface area contributed by atoms with E-state index in [2.05, 4.69) is 0 Å². The number of carbonyl (C=O) groups excluding carboxylic acids is 4. The highest BCUT2D eigenvalue weighted by Gasteiger charge is 3.02. The summed E-state index contributed by atoms with van der Waals surface area (Å²) >= 11 is 0. The monoisotopic (exact) mass is 304 g/mol. The summed E-state index contributed by atoms with van der Waals surface area (Å²) in [5.74, 6) is -2.38. The molecule has 2 heterocycles. The second kappa shape index (κ2) is 3.29. The molecule has 0 atom stereocenters. The average molecular weight is 304 g/mol. The number of cyclic esters (lactones) is 4. The fourth-order valence-corrected chi connectivity index (χ4v) is 6.98. The number of esters is 4. The van der Waals surface area contributed by atoms with Crippen molar-refractivity contribution >= 4 is 23.9 Å². The molecule has 0 aromatic rings. The van der Waals surface area contributed by atoms with E-state index in [1.807, 2.05) is 0 Å². The van der Waals surface area contributed by atoms with E-state index in [4.69, 9.17) is 9.47 Å². The van der Waals surface area contributed by atoms with Gasteiger partial charge in [0.15, 0.2) is 0 Å². The number of hydrogen-bond acceptors (Lipinski definition) is 6. The van der Waals surface area contributed by atoms with E-state index in [-0.39, 0.29) is 0 Å². The molecule has 0 aromatic heterocycles. The molecule has 0 aromatic carbocycles. The van der Waals surface area contributed by atoms with Crippen LogP contribution in [0.25, 0.3) is 0 Å². The van der Waals surface area contributed by atoms with Crippen molar-refractivity contribution in [1.82, 2.24) is 0 Å². The third-order valence-corrected chi connectivity index (χ3v) is 7.39. The van der Waals surface area contributed by atoms with Crippen LogP contribution in [-0.4, -0.2) is 23.9 Å². The van der Waals surface area contributed by atoms with Gasteiger partial charge < -0.3 is 9.47 Å². The SMILES string of the molecule is O=C1OC(=O)C23CCCCC12C12CCCCC31C(=O)OC2=O. The van der Waals surface area contributed by atoms with Gasteiger partial charge in [0.05, 0.1) is 0 Å². The number of ether oxygens (including phenoxy) is 2. The maximum Gasteiger partial charge on any atom is 0.322 e. The lowest BCUT2D eigenvalue weighted by Crippen LogP contribution is -2.83. The van der Waals surface area contributed by atoms with Crippen molar-refractivity contribution in [2.45, 2.75) is 51.4 Å². The van der Waals surface area contributed by atoms with E-state index in [1.165, 1.54) is 0 Å². The van der Waals surface area contributed by atoms with Gasteiger partial charge in [-0.25, -0.2) is 0 Å². The maximum atomic E-state index is 12.7. The average Bonchev–Trinajstić information content (AvgIpc) is 2.84. The molecule has 0 N–H and O–H groups in total. The molecule has 5 aliphatic rings. The lowest BCUT2D eigenvalue weighted by Gasteiger charge is -2.72. The van der Waals surface area contributed by atoms with Crippen LogP contribution < -0.4 is 0 Å². The lowest BCUT2D eigenvalue weighted by molar-refractivity contribution is -0.291. The molecule has 22 heavy (non-hydrogen) atoms. The smallest absolute Gasteiger partial charge is 0.322 e. The molecule has 0 amide bonds. The molecule has 6 nitrogen and oxygen atoms in total. The molecular weight excluding hydrogens is 288 g/mol. The fourth-order valence-electron chi connectivity index (χ4n) is 6.98. The van der Waals surface area contributed by atoms with Crippen molar-refractivity contribution < 1.29 is 28.7 Å². The Balaban J connectivity index is 1.90. The largest absolute Gasteiger partial charge is 0.392 e. The fraction of sp³-hybridized carbons (Fsp3) is 0.750. The Kier molecular flexibility index (Phi) is 1.91. The third-order valence-electron chi connectivity index (χ3n) is 7.39. The van der Waals surface area contributed by atoms with Gasteiger partial charge in [0.2, 0.25) is 0 Å². The van der Waals surface area contributed by atoms with E-state index in [9.17, 15) is 19.2 Å². The second-order valence-corrected chi connectivity index (χ2v) is 7.39. The third kappa shape index (κ3) is 0.768. The Labute approximate surface area is 126 Å². The molecule has 0 bridgehead atoms. The van der Waals surface area contributed by atoms with Crippen LogP contribution in [0, 0.1) is 21.7 Å². The highest BCUT2D eigenvalue weighted by molar-refractivity contribution is 6.19. The minimum atomic E-state index is -1.15. The standard InChI is InChI=1S/C16H16O6/c17-9-13-5-1-2-6-14(13,10(18)21-9)16-8-4-3-7-15(13,16)11(19)22-12(16)20/h1-8H2. The van der Waals surface area contributed by atoms with Gasteiger partial charge in [0.25, 0.3) is 0 Å². The van der Waals surface area contributed by atoms with Gasteiger partial charge in [-0.05, 0) is 25.7 Å². The Bertz CT molecular complexity index is 552. The Morgan fingerprint density at radius 3 is 0.955 bits per heavy atom. The molecule has 2 aliphatic heterocycles. The maximum absolute atomic E-state index is 12.7. The van der Waals surface area contributed by atoms with E-state index in [1.54, 1.807) is 0 Å². The molecule has 2 saturated heterocycles. The molecular formula is C16H16O6. The van der Waals surface area contributed by atoms with E-state index < -0.39 is 45.5 Å². The van der Waals surface area contributed by atoms with Crippen molar-refractivity contribution in [3.8, 4) is 0 Å². The zero-order valence-corrected chi connectivity index (χ0v) is 12.1. The molecule has 0 radical (unpaired) electrons. The van der Waals surface area contributed by atoms with Gasteiger partial charge in [-0.1, -0.05) is 25.7 Å². The van der Waals surface area contributed by atoms with Crippen LogP contribution in [0.1, 0.15) is 51.4 Å². The molecule has 116 valence electrons. The summed E-state index contributed by atoms with van der Waals surface area (Å²) in [6.45, 7) is 0. The summed E-state index contributed by atoms with van der Waals surface area (Å²) in [6.07, 6.45) is 4.85. The minimum Gasteiger partial charge on any atom is -0.392 e. The molecule has 5 fully saturated rings. The predicted molar refractivity (Wildman–Crippen MR) is 68.9 cm³/mol. The van der Waals surface area contributed by atoms with Crippen molar-refractivity contribution in [3.63, 3.8) is 0 Å². The first-order valence-electron chi connectivity index (χ1n) is 8.05. The topological polar surface area (TPSA) is 86.7 Å². The summed E-state index contributed by atoms with van der Waals surface area (Å²) < 4.78 is 10.1. The molecule has 6 heteroatoms. The lowest BCUT2D eigenvalue weighted by atomic mass is 9.20. The van der Waals surface area contributed by atoms with Gasteiger partial charge >= 0.3 is 23.9 Å². The summed E-state index contributed by atoms with van der Waals surface area (Å²) in [6, 6.07) is 0. The molecule has 3 saturated carbocycles. The normalized spacial score (nSPS) is 52.0. The first-order chi connectivity index (χ1) is 10.5. The Morgan fingerprint density at radius 1 is 0.500 bits per heavy atom. The molecule has 3 aliphatic carbocycles. The number of carbonyl (C=O) groups is 4. The highest BCUT2D eigenvalue weighted by atomic mass is 16.6. The van der Waals surface area contributed by atoms with E-state index in [0.717, 1.165) is 25.7 Å².